The second-order valence-corrected chi connectivity index (χ2v) is 26.8. The summed E-state index contributed by atoms with van der Waals surface area (Å²) in [5, 5.41) is 31.1. The minimum absolute atomic E-state index is 0.0141. The molecule has 10 rings (SSSR count). The van der Waals surface area contributed by atoms with Crippen LogP contribution in [0.5, 0.6) is 5.75 Å². The van der Waals surface area contributed by atoms with E-state index in [4.69, 9.17) is 9.72 Å². The van der Waals surface area contributed by atoms with Gasteiger partial charge in [-0.25, -0.2) is 19.7 Å². The summed E-state index contributed by atoms with van der Waals surface area (Å²) < 4.78 is 7.10. The molecular formula is C67H75N9O8S3. The molecule has 0 aliphatic carbocycles. The van der Waals surface area contributed by atoms with Gasteiger partial charge in [0.05, 0.1) is 50.7 Å². The lowest BCUT2D eigenvalue weighted by Gasteiger charge is -2.35. The van der Waals surface area contributed by atoms with E-state index in [1.807, 2.05) is 143 Å². The Hall–Kier alpha value is -7.91. The van der Waals surface area contributed by atoms with Crippen molar-refractivity contribution in [2.45, 2.75) is 142 Å². The average Bonchev–Trinajstić information content (AvgIpc) is 2.41. The summed E-state index contributed by atoms with van der Waals surface area (Å²) >= 11 is 4.39. The van der Waals surface area contributed by atoms with Crippen molar-refractivity contribution in [3.63, 3.8) is 0 Å². The highest BCUT2D eigenvalue weighted by atomic mass is 32.1. The monoisotopic (exact) mass is 1230 g/mol. The highest BCUT2D eigenvalue weighted by molar-refractivity contribution is 7.22. The van der Waals surface area contributed by atoms with Crippen LogP contribution in [-0.2, 0) is 33.8 Å². The molecular weight excluding hydrogens is 1150 g/mol. The summed E-state index contributed by atoms with van der Waals surface area (Å²) in [6.07, 6.45) is 7.71. The highest BCUT2D eigenvalue weighted by Crippen LogP contribution is 2.35. The molecule has 20 heteroatoms. The molecule has 2 aliphatic rings. The number of unbranched alkanes of at least 4 members (excludes halogenated alkanes) is 3. The molecule has 1 fully saturated rings. The van der Waals surface area contributed by atoms with E-state index in [-0.39, 0.29) is 54.8 Å². The Morgan fingerprint density at radius 1 is 0.816 bits per heavy atom. The number of amides is 4. The number of hydrogen-bond donors (Lipinski definition) is 5. The van der Waals surface area contributed by atoms with Crippen molar-refractivity contribution in [1.29, 1.82) is 0 Å². The van der Waals surface area contributed by atoms with Gasteiger partial charge < -0.3 is 35.4 Å². The second kappa shape index (κ2) is 27.8. The number of carbonyl (C=O) groups is 5. The fourth-order valence-corrected chi connectivity index (χ4v) is 14.2. The SMILES string of the molecule is Cc1ncsc1-c1ccc([C@H](C)NC(=O)[C@@H]2C[C@@H](O)CN2C(=O)[C@@H](NC(=O)CCCCCCC(C)c2ccc(-c3ccc(OCCCc4sc(N5CCc6cccc(C(=O)Nc7nc8ccccc8s7)c6C5)nc4C(=O)O)cc3)nc2)C(C)(C)C)cc1. The van der Waals surface area contributed by atoms with Gasteiger partial charge in [0.1, 0.15) is 17.8 Å². The lowest BCUT2D eigenvalue weighted by atomic mass is 9.85. The number of aryl methyl sites for hydroxylation is 2. The van der Waals surface area contributed by atoms with Crippen molar-refractivity contribution in [3.8, 4) is 27.4 Å². The van der Waals surface area contributed by atoms with Crippen LogP contribution >= 0.6 is 34.0 Å². The van der Waals surface area contributed by atoms with Crippen LogP contribution in [-0.4, -0.2) is 103 Å². The van der Waals surface area contributed by atoms with Crippen LogP contribution in [0.1, 0.15) is 152 Å². The number of aliphatic hydroxyl groups excluding tert-OH is 1. The van der Waals surface area contributed by atoms with Crippen LogP contribution in [0.2, 0.25) is 0 Å². The van der Waals surface area contributed by atoms with Crippen molar-refractivity contribution < 1.29 is 38.9 Å². The molecule has 4 aromatic carbocycles. The van der Waals surface area contributed by atoms with E-state index in [1.165, 1.54) is 27.6 Å². The number of fused-ring (bicyclic) bond motifs is 2. The number of aliphatic hydroxyl groups is 1. The molecule has 17 nitrogen and oxygen atoms in total. The number of carboxylic acids is 1. The van der Waals surface area contributed by atoms with E-state index in [0.29, 0.717) is 77.8 Å². The molecule has 4 aromatic heterocycles. The molecule has 1 unspecified atom stereocenters. The third-order valence-electron chi connectivity index (χ3n) is 16.4. The summed E-state index contributed by atoms with van der Waals surface area (Å²) in [4.78, 5) is 90.9. The van der Waals surface area contributed by atoms with Crippen LogP contribution in [0.3, 0.4) is 0 Å². The number of benzene rings is 4. The van der Waals surface area contributed by atoms with E-state index in [1.54, 1.807) is 11.3 Å². The first-order valence-electron chi connectivity index (χ1n) is 29.9. The van der Waals surface area contributed by atoms with Crippen molar-refractivity contribution in [1.82, 2.24) is 35.5 Å². The third kappa shape index (κ3) is 15.3. The molecule has 0 bridgehead atoms. The first-order chi connectivity index (χ1) is 41.9. The van der Waals surface area contributed by atoms with Gasteiger partial charge in [-0.1, -0.05) is 113 Å². The lowest BCUT2D eigenvalue weighted by molar-refractivity contribution is -0.144. The maximum atomic E-state index is 14.2. The number of para-hydroxylation sites is 1. The zero-order valence-corrected chi connectivity index (χ0v) is 52.5. The number of ether oxygens (including phenoxy) is 1. The largest absolute Gasteiger partial charge is 0.494 e. The van der Waals surface area contributed by atoms with Crippen molar-refractivity contribution in [2.24, 2.45) is 5.41 Å². The minimum Gasteiger partial charge on any atom is -0.494 e. The molecule has 454 valence electrons. The minimum atomic E-state index is -1.07. The third-order valence-corrected chi connectivity index (χ3v) is 19.5. The molecule has 5 N–H and O–H groups in total. The number of rotatable bonds is 24. The van der Waals surface area contributed by atoms with Gasteiger partial charge >= 0.3 is 5.97 Å². The first-order valence-corrected chi connectivity index (χ1v) is 32.4. The summed E-state index contributed by atoms with van der Waals surface area (Å²) in [5.41, 5.74) is 10.5. The number of pyridine rings is 1. The van der Waals surface area contributed by atoms with Crippen LogP contribution in [0.15, 0.2) is 115 Å². The molecule has 4 amide bonds. The highest BCUT2D eigenvalue weighted by Gasteiger charge is 2.45. The van der Waals surface area contributed by atoms with Crippen LogP contribution < -0.4 is 25.6 Å². The normalized spacial score (nSPS) is 16.0. The number of nitrogens with zero attached hydrogens (tertiary/aromatic N) is 6. The number of aromatic carboxylic acids is 1. The van der Waals surface area contributed by atoms with Gasteiger partial charge in [-0.15, -0.1) is 22.7 Å². The van der Waals surface area contributed by atoms with E-state index < -0.39 is 29.6 Å². The predicted molar refractivity (Wildman–Crippen MR) is 344 cm³/mol. The smallest absolute Gasteiger partial charge is 0.355 e. The van der Waals surface area contributed by atoms with Gasteiger partial charge in [-0.3, -0.25) is 29.5 Å². The number of aromatic nitrogens is 4. The molecule has 0 spiro atoms. The van der Waals surface area contributed by atoms with Crippen LogP contribution in [0.4, 0.5) is 10.3 Å². The Balaban J connectivity index is 0.630. The molecule has 8 aromatic rings. The maximum Gasteiger partial charge on any atom is 0.355 e. The number of nitrogens with one attached hydrogen (secondary N) is 3. The zero-order valence-electron chi connectivity index (χ0n) is 50.0. The Bertz CT molecular complexity index is 3690. The van der Waals surface area contributed by atoms with Gasteiger partial charge in [0.25, 0.3) is 5.91 Å². The summed E-state index contributed by atoms with van der Waals surface area (Å²) in [6, 6.07) is 31.4. The molecule has 0 radical (unpaired) electrons. The summed E-state index contributed by atoms with van der Waals surface area (Å²) in [6.45, 7) is 13.2. The summed E-state index contributed by atoms with van der Waals surface area (Å²) in [5.74, 6) is -1.24. The van der Waals surface area contributed by atoms with Gasteiger partial charge in [-0.2, -0.15) is 0 Å². The van der Waals surface area contributed by atoms with Gasteiger partial charge in [0.15, 0.2) is 16.0 Å². The number of likely N-dealkylation sites (tertiary alicyclic amines) is 1. The topological polar surface area (TPSA) is 229 Å². The number of thiazole rings is 3. The molecule has 1 saturated heterocycles. The Morgan fingerprint density at radius 3 is 2.30 bits per heavy atom. The predicted octanol–water partition coefficient (Wildman–Crippen LogP) is 12.6. The summed E-state index contributed by atoms with van der Waals surface area (Å²) in [7, 11) is 0. The standard InChI is InChI=1S/C67H75N9O8S3/c1-40(15-9-7-8-10-21-57(78)72-60(67(4,5)6)63(81)76-37-48(77)35-54(76)62(80)70-41(2)43-22-24-46(25-23-43)59-42(3)69-39-85-59)47-28-31-52(68-36-47)45-26-29-49(30-27-45)84-34-14-20-56-58(64(82)83)73-66(87-56)75-33-32-44-16-13-17-50(51(44)38-75)61(79)74-65-71-53-18-11-12-19-55(53)86-65/h11-13,16-19,22-31,36,39-41,48,54,60,77H,7-10,14-15,20-21,32-35,37-38H2,1-6H3,(H,70,80)(H,72,78)(H,82,83)(H,71,74,79)/t40?,41-,48+,54-,60+/m0/s1. The number of anilines is 2. The van der Waals surface area contributed by atoms with Crippen LogP contribution in [0, 0.1) is 12.3 Å². The molecule has 87 heavy (non-hydrogen) atoms. The van der Waals surface area contributed by atoms with Crippen molar-refractivity contribution in [3.05, 3.63) is 159 Å². The molecule has 0 saturated carbocycles. The van der Waals surface area contributed by atoms with Crippen molar-refractivity contribution >= 4 is 84.1 Å². The fraction of sp³-hybridized carbons (Fsp3) is 0.388. The van der Waals surface area contributed by atoms with Gasteiger partial charge in [-0.05, 0) is 134 Å². The average molecular weight is 1230 g/mol. The Labute approximate surface area is 519 Å². The van der Waals surface area contributed by atoms with Gasteiger partial charge in [0.2, 0.25) is 17.7 Å². The number of β-amino-alcohol motifs (C(OH)–C–C–N with tert-alkyl or cyclic N) is 1. The number of carbonyl (C=O) groups excluding carboxylic acids is 4. The zero-order chi connectivity index (χ0) is 61.4. The fourth-order valence-electron chi connectivity index (χ4n) is 11.4. The molecule has 2 aliphatic heterocycles. The number of hydrogen-bond acceptors (Lipinski definition) is 15. The Morgan fingerprint density at radius 2 is 1.57 bits per heavy atom. The lowest BCUT2D eigenvalue weighted by Crippen LogP contribution is -2.57. The number of carboxylic acid groups (broad SMARTS) is 1. The molecule has 5 atom stereocenters. The quantitative estimate of drug-likeness (QED) is 0.0355. The van der Waals surface area contributed by atoms with Gasteiger partial charge in [0, 0.05) is 54.7 Å². The van der Waals surface area contributed by atoms with E-state index >= 15 is 0 Å². The van der Waals surface area contributed by atoms with E-state index in [9.17, 15) is 34.2 Å². The Kier molecular flexibility index (Phi) is 19.9. The van der Waals surface area contributed by atoms with Crippen molar-refractivity contribution in [2.75, 3.05) is 29.9 Å². The van der Waals surface area contributed by atoms with E-state index in [0.717, 1.165) is 85.5 Å². The first kappa shape index (κ1) is 62.2. The van der Waals surface area contributed by atoms with Crippen LogP contribution in [0.25, 0.3) is 31.9 Å². The second-order valence-electron chi connectivity index (χ2n) is 23.8. The molecule has 6 heterocycles. The van der Waals surface area contributed by atoms with E-state index in [2.05, 4.69) is 48.8 Å². The maximum absolute atomic E-state index is 14.2.